The Kier molecular flexibility index (Phi) is 6.89. The second-order valence-electron chi connectivity index (χ2n) is 13.9. The molecule has 0 aliphatic carbocycles. The zero-order valence-electron chi connectivity index (χ0n) is 29.2. The molecule has 3 aromatic heterocycles. The third-order valence-electron chi connectivity index (χ3n) is 10.8. The van der Waals surface area contributed by atoms with Crippen molar-refractivity contribution in [2.75, 3.05) is 0 Å². The van der Waals surface area contributed by atoms with Crippen molar-refractivity contribution >= 4 is 54.8 Å². The SMILES string of the molecule is c1ccc(-c2ccc(C(c3ccc4c5ccccc5n(-c5ccccc5)c4c3)c3cccc4oc5cc6nc(-c7ccccc7)oc6cc5c34)cc2)cc1. The maximum absolute atomic E-state index is 6.62. The Balaban J connectivity index is 1.16. The zero-order chi connectivity index (χ0) is 35.6. The number of hydrogen-bond acceptors (Lipinski definition) is 3. The first kappa shape index (κ1) is 30.5. The molecular weight excluding hydrogens is 661 g/mol. The molecular formula is C50H32N2O2. The van der Waals surface area contributed by atoms with Crippen LogP contribution < -0.4 is 0 Å². The van der Waals surface area contributed by atoms with Gasteiger partial charge in [-0.2, -0.15) is 0 Å². The average molecular weight is 693 g/mol. The Morgan fingerprint density at radius 1 is 0.426 bits per heavy atom. The first-order chi connectivity index (χ1) is 26.8. The summed E-state index contributed by atoms with van der Waals surface area (Å²) < 4.78 is 15.4. The van der Waals surface area contributed by atoms with Crippen molar-refractivity contribution in [3.63, 3.8) is 0 Å². The highest BCUT2D eigenvalue weighted by Crippen LogP contribution is 2.44. The van der Waals surface area contributed by atoms with Crippen molar-refractivity contribution < 1.29 is 8.83 Å². The van der Waals surface area contributed by atoms with E-state index in [0.29, 0.717) is 5.89 Å². The van der Waals surface area contributed by atoms with Crippen LogP contribution in [0.25, 0.3) is 83.1 Å². The second kappa shape index (κ2) is 12.2. The molecule has 1 atom stereocenters. The van der Waals surface area contributed by atoms with E-state index < -0.39 is 0 Å². The standard InChI is InChI=1S/C50H32N2O2/c1-4-13-32(14-5-1)33-23-25-34(26-24-33)48(36-27-28-39-38-19-10-11-21-43(38)52(44(39)29-36)37-17-8-3-9-18-37)40-20-12-22-45-49(40)41-30-47-42(31-46(41)53-45)51-50(54-47)35-15-6-2-7-16-35/h1-31,48H. The highest BCUT2D eigenvalue weighted by atomic mass is 16.4. The Hall–Kier alpha value is -7.17. The third kappa shape index (κ3) is 4.88. The van der Waals surface area contributed by atoms with Crippen molar-refractivity contribution in [2.24, 2.45) is 0 Å². The van der Waals surface area contributed by atoms with Gasteiger partial charge in [0.05, 0.1) is 11.0 Å². The molecule has 4 nitrogen and oxygen atoms in total. The zero-order valence-corrected chi connectivity index (χ0v) is 29.2. The molecule has 3 heterocycles. The normalized spacial score (nSPS) is 12.4. The predicted octanol–water partition coefficient (Wildman–Crippen LogP) is 13.3. The second-order valence-corrected chi connectivity index (χ2v) is 13.9. The van der Waals surface area contributed by atoms with E-state index in [4.69, 9.17) is 13.8 Å². The number of nitrogens with zero attached hydrogens (tertiary/aromatic N) is 2. The van der Waals surface area contributed by atoms with E-state index in [9.17, 15) is 0 Å². The molecule has 11 aromatic rings. The molecule has 4 heteroatoms. The predicted molar refractivity (Wildman–Crippen MR) is 220 cm³/mol. The monoisotopic (exact) mass is 692 g/mol. The van der Waals surface area contributed by atoms with Crippen LogP contribution in [0.5, 0.6) is 0 Å². The molecule has 8 aromatic carbocycles. The van der Waals surface area contributed by atoms with E-state index in [1.165, 1.54) is 49.6 Å². The number of benzene rings is 8. The molecule has 254 valence electrons. The fourth-order valence-corrected chi connectivity index (χ4v) is 8.29. The number of oxazole rings is 1. The molecule has 0 aliphatic heterocycles. The molecule has 0 spiro atoms. The first-order valence-corrected chi connectivity index (χ1v) is 18.3. The van der Waals surface area contributed by atoms with Gasteiger partial charge in [-0.3, -0.25) is 0 Å². The van der Waals surface area contributed by atoms with Crippen molar-refractivity contribution in [2.45, 2.75) is 5.92 Å². The Labute approximate surface area is 311 Å². The topological polar surface area (TPSA) is 44.1 Å². The van der Waals surface area contributed by atoms with Gasteiger partial charge in [-0.05, 0) is 76.3 Å². The van der Waals surface area contributed by atoms with Crippen LogP contribution in [0, 0.1) is 0 Å². The van der Waals surface area contributed by atoms with Crippen molar-refractivity contribution in [3.05, 3.63) is 205 Å². The summed E-state index contributed by atoms with van der Waals surface area (Å²) in [6, 6.07) is 66.5. The van der Waals surface area contributed by atoms with Crippen LogP contribution in [0.2, 0.25) is 0 Å². The average Bonchev–Trinajstić information content (AvgIpc) is 3.92. The number of rotatable bonds is 6. The van der Waals surface area contributed by atoms with Gasteiger partial charge in [0.25, 0.3) is 0 Å². The Morgan fingerprint density at radius 3 is 1.89 bits per heavy atom. The minimum absolute atomic E-state index is 0.101. The van der Waals surface area contributed by atoms with Crippen molar-refractivity contribution in [1.82, 2.24) is 9.55 Å². The molecule has 1 unspecified atom stereocenters. The van der Waals surface area contributed by atoms with Crippen LogP contribution in [0.3, 0.4) is 0 Å². The van der Waals surface area contributed by atoms with E-state index in [1.807, 2.05) is 36.4 Å². The summed E-state index contributed by atoms with van der Waals surface area (Å²) in [5.74, 6) is 0.498. The minimum Gasteiger partial charge on any atom is -0.456 e. The van der Waals surface area contributed by atoms with E-state index in [1.54, 1.807) is 0 Å². The summed E-state index contributed by atoms with van der Waals surface area (Å²) in [5, 5.41) is 4.55. The lowest BCUT2D eigenvalue weighted by Crippen LogP contribution is -2.05. The number of para-hydroxylation sites is 2. The highest BCUT2D eigenvalue weighted by molar-refractivity contribution is 6.12. The van der Waals surface area contributed by atoms with Gasteiger partial charge < -0.3 is 13.4 Å². The summed E-state index contributed by atoms with van der Waals surface area (Å²) in [6.45, 7) is 0. The maximum Gasteiger partial charge on any atom is 0.227 e. The molecule has 0 N–H and O–H groups in total. The molecule has 11 rings (SSSR count). The van der Waals surface area contributed by atoms with Gasteiger partial charge in [0.15, 0.2) is 5.58 Å². The molecule has 0 aliphatic rings. The molecule has 0 saturated carbocycles. The molecule has 0 amide bonds. The third-order valence-corrected chi connectivity index (χ3v) is 10.8. The van der Waals surface area contributed by atoms with Crippen molar-refractivity contribution in [3.8, 4) is 28.3 Å². The van der Waals surface area contributed by atoms with E-state index in [-0.39, 0.29) is 5.92 Å². The first-order valence-electron chi connectivity index (χ1n) is 18.3. The smallest absolute Gasteiger partial charge is 0.227 e. The van der Waals surface area contributed by atoms with E-state index >= 15 is 0 Å². The van der Waals surface area contributed by atoms with Gasteiger partial charge in [0.2, 0.25) is 5.89 Å². The largest absolute Gasteiger partial charge is 0.456 e. The van der Waals surface area contributed by atoms with Crippen LogP contribution in [0.1, 0.15) is 22.6 Å². The summed E-state index contributed by atoms with van der Waals surface area (Å²) in [5.41, 5.74) is 13.5. The van der Waals surface area contributed by atoms with Crippen LogP contribution in [0.4, 0.5) is 0 Å². The van der Waals surface area contributed by atoms with Crippen LogP contribution in [-0.2, 0) is 0 Å². The minimum atomic E-state index is -0.101. The van der Waals surface area contributed by atoms with E-state index in [0.717, 1.165) is 44.3 Å². The van der Waals surface area contributed by atoms with Gasteiger partial charge in [0.1, 0.15) is 16.7 Å². The van der Waals surface area contributed by atoms with E-state index in [2.05, 4.69) is 156 Å². The van der Waals surface area contributed by atoms with Gasteiger partial charge in [-0.1, -0.05) is 133 Å². The summed E-state index contributed by atoms with van der Waals surface area (Å²) in [7, 11) is 0. The lowest BCUT2D eigenvalue weighted by Gasteiger charge is -2.21. The van der Waals surface area contributed by atoms with Crippen molar-refractivity contribution in [1.29, 1.82) is 0 Å². The summed E-state index contributed by atoms with van der Waals surface area (Å²) in [4.78, 5) is 4.84. The number of aromatic nitrogens is 2. The lowest BCUT2D eigenvalue weighted by atomic mass is 9.82. The van der Waals surface area contributed by atoms with Gasteiger partial charge >= 0.3 is 0 Å². The molecule has 0 bridgehead atoms. The quantitative estimate of drug-likeness (QED) is 0.163. The van der Waals surface area contributed by atoms with Gasteiger partial charge in [0, 0.05) is 44.8 Å². The summed E-state index contributed by atoms with van der Waals surface area (Å²) in [6.07, 6.45) is 0. The van der Waals surface area contributed by atoms with Crippen LogP contribution in [-0.4, -0.2) is 9.55 Å². The molecule has 0 radical (unpaired) electrons. The molecule has 54 heavy (non-hydrogen) atoms. The van der Waals surface area contributed by atoms with Gasteiger partial charge in [-0.25, -0.2) is 4.98 Å². The molecule has 0 saturated heterocycles. The maximum atomic E-state index is 6.62. The number of fused-ring (bicyclic) bond motifs is 7. The summed E-state index contributed by atoms with van der Waals surface area (Å²) >= 11 is 0. The Bertz CT molecular complexity index is 3140. The Morgan fingerprint density at radius 2 is 1.09 bits per heavy atom. The fraction of sp³-hybridized carbons (Fsp3) is 0.0200. The molecule has 0 fully saturated rings. The van der Waals surface area contributed by atoms with Crippen LogP contribution in [0.15, 0.2) is 197 Å². The highest BCUT2D eigenvalue weighted by Gasteiger charge is 2.25. The van der Waals surface area contributed by atoms with Gasteiger partial charge in [-0.15, -0.1) is 0 Å². The lowest BCUT2D eigenvalue weighted by molar-refractivity contribution is 0.620. The fourth-order valence-electron chi connectivity index (χ4n) is 8.29. The number of furan rings is 1. The number of hydrogen-bond donors (Lipinski definition) is 0. The van der Waals surface area contributed by atoms with Crippen LogP contribution >= 0.6 is 0 Å².